The van der Waals surface area contributed by atoms with Gasteiger partial charge in [-0.05, 0) is 62.0 Å². The minimum Gasteiger partial charge on any atom is -0.487 e. The summed E-state index contributed by atoms with van der Waals surface area (Å²) in [6.45, 7) is 2.29. The summed E-state index contributed by atoms with van der Waals surface area (Å²) in [5.74, 6) is 0.519. The summed E-state index contributed by atoms with van der Waals surface area (Å²) in [5.41, 5.74) is 4.55. The van der Waals surface area contributed by atoms with Crippen molar-refractivity contribution >= 4 is 23.5 Å². The fourth-order valence-corrected chi connectivity index (χ4v) is 3.23. The topological polar surface area (TPSA) is 52.1 Å². The minimum atomic E-state index is 0.340. The number of carbonyl (C=O) groups is 1. The van der Waals surface area contributed by atoms with Crippen molar-refractivity contribution < 1.29 is 9.53 Å². The molecule has 4 nitrogen and oxygen atoms in total. The molecular formula is C19H19ClN2O2. The molecule has 2 aromatic rings. The highest BCUT2D eigenvalue weighted by atomic mass is 35.5. The first-order valence-electron chi connectivity index (χ1n) is 8.06. The molecule has 5 heteroatoms. The van der Waals surface area contributed by atoms with Crippen molar-refractivity contribution in [3.05, 3.63) is 58.1 Å². The molecule has 2 heterocycles. The van der Waals surface area contributed by atoms with Crippen molar-refractivity contribution in [1.82, 2.24) is 9.97 Å². The minimum absolute atomic E-state index is 0.340. The van der Waals surface area contributed by atoms with Gasteiger partial charge in [0.15, 0.2) is 6.29 Å². The number of pyridine rings is 2. The Morgan fingerprint density at radius 2 is 2.08 bits per heavy atom. The van der Waals surface area contributed by atoms with Crippen LogP contribution in [0.2, 0.25) is 5.15 Å². The van der Waals surface area contributed by atoms with Gasteiger partial charge in [0.2, 0.25) is 0 Å². The fraction of sp³-hybridized carbons (Fsp3) is 0.316. The Kier molecular flexibility index (Phi) is 5.26. The Hall–Kier alpha value is -2.20. The second-order valence-corrected chi connectivity index (χ2v) is 6.23. The Labute approximate surface area is 146 Å². The van der Waals surface area contributed by atoms with Gasteiger partial charge in [-0.1, -0.05) is 17.7 Å². The molecule has 124 valence electrons. The smallest absolute Gasteiger partial charge is 0.172 e. The lowest BCUT2D eigenvalue weighted by Gasteiger charge is -2.21. The normalized spacial score (nSPS) is 14.6. The number of halogens is 1. The number of aromatic nitrogens is 2. The van der Waals surface area contributed by atoms with E-state index < -0.39 is 0 Å². The summed E-state index contributed by atoms with van der Waals surface area (Å²) >= 11 is 6.26. The lowest BCUT2D eigenvalue weighted by molar-refractivity contribution is 0.111. The van der Waals surface area contributed by atoms with Crippen LogP contribution >= 0.6 is 11.6 Å². The number of carbonyl (C=O) groups excluding carboxylic acids is 1. The van der Waals surface area contributed by atoms with Gasteiger partial charge in [0.1, 0.15) is 23.2 Å². The van der Waals surface area contributed by atoms with E-state index in [4.69, 9.17) is 16.3 Å². The van der Waals surface area contributed by atoms with Crippen LogP contribution in [-0.4, -0.2) is 22.9 Å². The molecular weight excluding hydrogens is 324 g/mol. The van der Waals surface area contributed by atoms with Gasteiger partial charge in [-0.15, -0.1) is 0 Å². The van der Waals surface area contributed by atoms with Crippen molar-refractivity contribution in [2.24, 2.45) is 0 Å². The van der Waals surface area contributed by atoms with Gasteiger partial charge in [-0.2, -0.15) is 0 Å². The molecule has 2 aromatic heterocycles. The van der Waals surface area contributed by atoms with Crippen LogP contribution in [0.3, 0.4) is 0 Å². The van der Waals surface area contributed by atoms with Gasteiger partial charge in [0.05, 0.1) is 0 Å². The molecule has 0 bridgehead atoms. The van der Waals surface area contributed by atoms with Crippen molar-refractivity contribution in [1.29, 1.82) is 0 Å². The van der Waals surface area contributed by atoms with Crippen molar-refractivity contribution in [2.45, 2.75) is 32.6 Å². The molecule has 0 aliphatic heterocycles. The van der Waals surface area contributed by atoms with Crippen LogP contribution in [0.1, 0.15) is 47.4 Å². The molecule has 0 saturated carbocycles. The van der Waals surface area contributed by atoms with Gasteiger partial charge >= 0.3 is 0 Å². The molecule has 0 fully saturated rings. The number of ether oxygens (including phenoxy) is 1. The highest BCUT2D eigenvalue weighted by Gasteiger charge is 2.18. The van der Waals surface area contributed by atoms with Crippen LogP contribution in [0.4, 0.5) is 0 Å². The van der Waals surface area contributed by atoms with Crippen LogP contribution in [0.25, 0.3) is 5.57 Å². The second-order valence-electron chi connectivity index (χ2n) is 5.87. The average Bonchev–Trinajstić information content (AvgIpc) is 2.61. The average molecular weight is 343 g/mol. The van der Waals surface area contributed by atoms with Gasteiger partial charge in [-0.3, -0.25) is 4.79 Å². The summed E-state index contributed by atoms with van der Waals surface area (Å²) in [6, 6.07) is 7.54. The van der Waals surface area contributed by atoms with Crippen molar-refractivity contribution in [3.8, 4) is 5.75 Å². The molecule has 0 N–H and O–H groups in total. The molecule has 1 aliphatic carbocycles. The van der Waals surface area contributed by atoms with E-state index >= 15 is 0 Å². The number of rotatable bonds is 5. The van der Waals surface area contributed by atoms with E-state index in [2.05, 4.69) is 9.97 Å². The summed E-state index contributed by atoms with van der Waals surface area (Å²) < 4.78 is 5.90. The monoisotopic (exact) mass is 342 g/mol. The van der Waals surface area contributed by atoms with E-state index in [0.717, 1.165) is 43.2 Å². The summed E-state index contributed by atoms with van der Waals surface area (Å²) in [6.07, 6.45) is 6.63. The lowest BCUT2D eigenvalue weighted by atomic mass is 9.88. The third-order valence-electron chi connectivity index (χ3n) is 4.21. The third kappa shape index (κ3) is 3.65. The predicted molar refractivity (Wildman–Crippen MR) is 94.5 cm³/mol. The van der Waals surface area contributed by atoms with Crippen LogP contribution in [0.5, 0.6) is 5.75 Å². The van der Waals surface area contributed by atoms with Gasteiger partial charge in [0, 0.05) is 17.5 Å². The molecule has 0 radical (unpaired) electrons. The van der Waals surface area contributed by atoms with Crippen molar-refractivity contribution in [2.75, 3.05) is 6.61 Å². The molecule has 0 spiro atoms. The maximum atomic E-state index is 11.2. The number of aldehydes is 1. The quantitative estimate of drug-likeness (QED) is 0.586. The molecule has 0 aromatic carbocycles. The molecule has 24 heavy (non-hydrogen) atoms. The number of aryl methyl sites for hydroxylation is 1. The largest absolute Gasteiger partial charge is 0.487 e. The summed E-state index contributed by atoms with van der Waals surface area (Å²) in [5, 5.41) is 0.525. The highest BCUT2D eigenvalue weighted by Crippen LogP contribution is 2.35. The number of hydrogen-bond acceptors (Lipinski definition) is 4. The molecule has 0 atom stereocenters. The standard InChI is InChI=1S/C19H19ClN2O2/c1-13-8-9-18(17(11-23)22-13)24-12-14-5-2-3-6-15(14)16-7-4-10-21-19(16)20/h4,7-11H,2-3,5-6,12H2,1H3. The van der Waals surface area contributed by atoms with Crippen molar-refractivity contribution in [3.63, 3.8) is 0 Å². The molecule has 3 rings (SSSR count). The maximum Gasteiger partial charge on any atom is 0.172 e. The Balaban J connectivity index is 1.87. The summed E-state index contributed by atoms with van der Waals surface area (Å²) in [4.78, 5) is 19.6. The lowest BCUT2D eigenvalue weighted by Crippen LogP contribution is -2.10. The van der Waals surface area contributed by atoms with E-state index in [9.17, 15) is 4.79 Å². The molecule has 0 saturated heterocycles. The number of hydrogen-bond donors (Lipinski definition) is 0. The van der Waals surface area contributed by atoms with E-state index in [1.165, 1.54) is 11.1 Å². The molecule has 0 amide bonds. The Morgan fingerprint density at radius 3 is 2.88 bits per heavy atom. The third-order valence-corrected chi connectivity index (χ3v) is 4.51. The summed E-state index contributed by atoms with van der Waals surface area (Å²) in [7, 11) is 0. The zero-order valence-corrected chi connectivity index (χ0v) is 14.3. The van der Waals surface area contributed by atoms with Gasteiger partial charge in [-0.25, -0.2) is 9.97 Å². The molecule has 0 unspecified atom stereocenters. The SMILES string of the molecule is Cc1ccc(OCC2=C(c3cccnc3Cl)CCCC2)c(C=O)n1. The predicted octanol–water partition coefficient (Wildman–Crippen LogP) is 4.66. The maximum absolute atomic E-state index is 11.2. The first-order chi connectivity index (χ1) is 11.7. The zero-order chi connectivity index (χ0) is 16.9. The first kappa shape index (κ1) is 16.7. The number of nitrogens with zero attached hydrogens (tertiary/aromatic N) is 2. The van der Waals surface area contributed by atoms with Crippen LogP contribution in [-0.2, 0) is 0 Å². The van der Waals surface area contributed by atoms with E-state index in [1.54, 1.807) is 12.3 Å². The van der Waals surface area contributed by atoms with E-state index in [0.29, 0.717) is 23.2 Å². The highest BCUT2D eigenvalue weighted by molar-refractivity contribution is 6.31. The molecule has 1 aliphatic rings. The van der Waals surface area contributed by atoms with Crippen LogP contribution < -0.4 is 4.74 Å². The van der Waals surface area contributed by atoms with E-state index in [1.807, 2.05) is 25.1 Å². The fourth-order valence-electron chi connectivity index (χ4n) is 3.00. The second kappa shape index (κ2) is 7.58. The first-order valence-corrected chi connectivity index (χ1v) is 8.44. The van der Waals surface area contributed by atoms with Crippen LogP contribution in [0, 0.1) is 6.92 Å². The Bertz CT molecular complexity index is 787. The van der Waals surface area contributed by atoms with Gasteiger partial charge in [0.25, 0.3) is 0 Å². The Morgan fingerprint density at radius 1 is 1.25 bits per heavy atom. The number of allylic oxidation sites excluding steroid dienone is 1. The zero-order valence-electron chi connectivity index (χ0n) is 13.6. The van der Waals surface area contributed by atoms with Gasteiger partial charge < -0.3 is 4.74 Å². The van der Waals surface area contributed by atoms with E-state index in [-0.39, 0.29) is 0 Å². The van der Waals surface area contributed by atoms with Crippen LogP contribution in [0.15, 0.2) is 36.0 Å².